The zero-order chi connectivity index (χ0) is 27.3. The maximum absolute atomic E-state index is 13.9. The third-order valence-corrected chi connectivity index (χ3v) is 9.23. The van der Waals surface area contributed by atoms with Gasteiger partial charge in [-0.2, -0.15) is 0 Å². The van der Waals surface area contributed by atoms with Gasteiger partial charge in [0.2, 0.25) is 0 Å². The summed E-state index contributed by atoms with van der Waals surface area (Å²) in [7, 11) is -4.62. The van der Waals surface area contributed by atoms with E-state index < -0.39 is 7.82 Å². The van der Waals surface area contributed by atoms with Crippen LogP contribution in [0.2, 0.25) is 0 Å². The van der Waals surface area contributed by atoms with Gasteiger partial charge >= 0.3 is 7.82 Å². The minimum Gasteiger partial charge on any atom is -0.394 e. The van der Waals surface area contributed by atoms with Crippen molar-refractivity contribution < 1.29 is 18.5 Å². The molecule has 1 N–H and O–H groups in total. The first-order chi connectivity index (χ1) is 20.1. The molecule has 194 valence electrons. The van der Waals surface area contributed by atoms with E-state index in [4.69, 9.17) is 9.05 Å². The second kappa shape index (κ2) is 8.08. The van der Waals surface area contributed by atoms with Crippen LogP contribution in [0.3, 0.4) is 0 Å². The fraction of sp³-hybridized carbons (Fsp3) is 0. The predicted octanol–water partition coefficient (Wildman–Crippen LogP) is 10.1. The third-order valence-electron chi connectivity index (χ3n) is 8.40. The molecular formula is C36H21O4P. The van der Waals surface area contributed by atoms with Crippen LogP contribution in [0.5, 0.6) is 11.5 Å². The molecule has 9 rings (SSSR count). The van der Waals surface area contributed by atoms with Gasteiger partial charge in [0.15, 0.2) is 0 Å². The van der Waals surface area contributed by atoms with Gasteiger partial charge in [0.25, 0.3) is 0 Å². The average molecular weight is 549 g/mol. The summed E-state index contributed by atoms with van der Waals surface area (Å²) in [5.41, 5.74) is 1.52. The van der Waals surface area contributed by atoms with Crippen molar-refractivity contribution in [1.82, 2.24) is 0 Å². The zero-order valence-electron chi connectivity index (χ0n) is 21.7. The molecule has 5 heteroatoms. The minimum atomic E-state index is -4.62. The molecule has 1 aliphatic heterocycles. The highest BCUT2D eigenvalue weighted by atomic mass is 31.2. The Morgan fingerprint density at radius 2 is 0.780 bits per heavy atom. The van der Waals surface area contributed by atoms with Crippen LogP contribution in [0, 0.1) is 0 Å². The first kappa shape index (κ1) is 22.9. The van der Waals surface area contributed by atoms with Gasteiger partial charge in [-0.3, -0.25) is 4.89 Å². The lowest BCUT2D eigenvalue weighted by Gasteiger charge is -2.19. The van der Waals surface area contributed by atoms with Gasteiger partial charge < -0.3 is 9.05 Å². The van der Waals surface area contributed by atoms with Crippen molar-refractivity contribution in [2.45, 2.75) is 0 Å². The largest absolute Gasteiger partial charge is 0.584 e. The van der Waals surface area contributed by atoms with Crippen molar-refractivity contribution in [2.75, 3.05) is 0 Å². The van der Waals surface area contributed by atoms with Crippen LogP contribution in [-0.4, -0.2) is 4.89 Å². The van der Waals surface area contributed by atoms with Crippen molar-refractivity contribution in [1.29, 1.82) is 0 Å². The average Bonchev–Trinajstić information content (AvgIpc) is 3.13. The van der Waals surface area contributed by atoms with E-state index in [0.29, 0.717) is 11.5 Å². The molecule has 0 saturated heterocycles. The number of rotatable bonds is 0. The molecule has 0 amide bonds. The van der Waals surface area contributed by atoms with E-state index >= 15 is 0 Å². The maximum atomic E-state index is 13.9. The fourth-order valence-electron chi connectivity index (χ4n) is 6.78. The molecule has 0 aliphatic carbocycles. The third kappa shape index (κ3) is 3.12. The van der Waals surface area contributed by atoms with Crippen molar-refractivity contribution in [2.24, 2.45) is 0 Å². The standard InChI is InChI=1S/C36H21O4P/c37-41(38)39-35-31-23-11-3-1-9-21(23)17-19-29(31)25-13-5-7-15-27(25)33(35)34-28-16-8-6-14-26(28)30-20-18-22-10-2-4-12-24(22)32(30)36(34)40-41/h1-20H,(H,37,38). The van der Waals surface area contributed by atoms with Gasteiger partial charge in [0.1, 0.15) is 11.5 Å². The van der Waals surface area contributed by atoms with Gasteiger partial charge in [-0.15, -0.1) is 0 Å². The number of hydrogen-bond acceptors (Lipinski definition) is 3. The van der Waals surface area contributed by atoms with E-state index in [-0.39, 0.29) is 0 Å². The summed E-state index contributed by atoms with van der Waals surface area (Å²) in [5.74, 6) is 0.731. The Morgan fingerprint density at radius 1 is 0.415 bits per heavy atom. The van der Waals surface area contributed by atoms with Crippen LogP contribution in [0.15, 0.2) is 121 Å². The fourth-order valence-corrected chi connectivity index (χ4v) is 7.64. The van der Waals surface area contributed by atoms with Crippen molar-refractivity contribution in [3.05, 3.63) is 121 Å². The molecule has 0 aromatic heterocycles. The molecule has 1 aliphatic rings. The van der Waals surface area contributed by atoms with Crippen LogP contribution >= 0.6 is 7.82 Å². The Morgan fingerprint density at radius 3 is 1.22 bits per heavy atom. The molecule has 0 bridgehead atoms. The molecule has 8 aromatic carbocycles. The molecule has 0 saturated carbocycles. The molecule has 0 spiro atoms. The Kier molecular flexibility index (Phi) is 4.51. The lowest BCUT2D eigenvalue weighted by Crippen LogP contribution is -1.99. The van der Waals surface area contributed by atoms with Crippen LogP contribution in [0.4, 0.5) is 0 Å². The van der Waals surface area contributed by atoms with Gasteiger partial charge in [-0.1, -0.05) is 121 Å². The van der Waals surface area contributed by atoms with Gasteiger partial charge in [-0.25, -0.2) is 4.57 Å². The summed E-state index contributed by atoms with van der Waals surface area (Å²) in [6.45, 7) is 0. The number of hydrogen-bond donors (Lipinski definition) is 1. The highest BCUT2D eigenvalue weighted by Crippen LogP contribution is 2.62. The molecule has 0 radical (unpaired) electrons. The van der Waals surface area contributed by atoms with E-state index in [1.807, 2.05) is 72.8 Å². The van der Waals surface area contributed by atoms with E-state index in [2.05, 4.69) is 48.5 Å². The van der Waals surface area contributed by atoms with Gasteiger partial charge in [0, 0.05) is 21.9 Å². The first-order valence-electron chi connectivity index (χ1n) is 13.5. The summed E-state index contributed by atoms with van der Waals surface area (Å²) in [6.07, 6.45) is 0. The van der Waals surface area contributed by atoms with Crippen molar-refractivity contribution in [3.8, 4) is 22.6 Å². The Bertz CT molecular complexity index is 2310. The summed E-state index contributed by atoms with van der Waals surface area (Å²) in [6, 6.07) is 40.8. The summed E-state index contributed by atoms with van der Waals surface area (Å²) < 4.78 is 26.2. The van der Waals surface area contributed by atoms with Gasteiger partial charge in [-0.05, 0) is 53.9 Å². The quantitative estimate of drug-likeness (QED) is 0.151. The Hall–Kier alpha value is -4.89. The monoisotopic (exact) mass is 548 g/mol. The summed E-state index contributed by atoms with van der Waals surface area (Å²) in [4.78, 5) is 11.4. The van der Waals surface area contributed by atoms with E-state index in [1.165, 1.54) is 0 Å². The van der Waals surface area contributed by atoms with E-state index in [1.54, 1.807) is 0 Å². The zero-order valence-corrected chi connectivity index (χ0v) is 22.6. The molecule has 8 aromatic rings. The summed E-state index contributed by atoms with van der Waals surface area (Å²) >= 11 is 0. The molecule has 41 heavy (non-hydrogen) atoms. The van der Waals surface area contributed by atoms with E-state index in [9.17, 15) is 9.46 Å². The first-order valence-corrected chi connectivity index (χ1v) is 15.0. The van der Waals surface area contributed by atoms with Crippen molar-refractivity contribution in [3.63, 3.8) is 0 Å². The SMILES string of the molecule is O=P1(O)Oc2c(c3ccccc3c3ccc4ccccc4c23)-c2c(c3c4ccccc4ccc3c3ccccc23)O1. The highest BCUT2D eigenvalue weighted by molar-refractivity contribution is 7.48. The number of benzene rings is 8. The molecular weight excluding hydrogens is 527 g/mol. The molecule has 0 fully saturated rings. The molecule has 4 nitrogen and oxygen atoms in total. The highest BCUT2D eigenvalue weighted by Gasteiger charge is 2.37. The Balaban J connectivity index is 1.64. The second-order valence-corrected chi connectivity index (χ2v) is 11.9. The second-order valence-electron chi connectivity index (χ2n) is 10.6. The normalized spacial score (nSPS) is 14.2. The summed E-state index contributed by atoms with van der Waals surface area (Å²) in [5, 5.41) is 11.4. The molecule has 0 atom stereocenters. The van der Waals surface area contributed by atoms with Crippen LogP contribution in [0.1, 0.15) is 0 Å². The number of phosphoric acid groups is 1. The van der Waals surface area contributed by atoms with Crippen LogP contribution < -0.4 is 9.05 Å². The maximum Gasteiger partial charge on any atom is 0.584 e. The predicted molar refractivity (Wildman–Crippen MR) is 168 cm³/mol. The molecule has 1 heterocycles. The topological polar surface area (TPSA) is 55.8 Å². The van der Waals surface area contributed by atoms with Crippen LogP contribution in [0.25, 0.3) is 75.8 Å². The molecule has 0 unspecified atom stereocenters. The van der Waals surface area contributed by atoms with Gasteiger partial charge in [0.05, 0.1) is 0 Å². The smallest absolute Gasteiger partial charge is 0.394 e. The lowest BCUT2D eigenvalue weighted by atomic mass is 9.85. The Labute approximate surface area is 234 Å². The number of fused-ring (bicyclic) bond motifs is 17. The minimum absolute atomic E-state index is 0.366. The van der Waals surface area contributed by atoms with Crippen molar-refractivity contribution >= 4 is 72.5 Å². The lowest BCUT2D eigenvalue weighted by molar-refractivity contribution is 0.297. The number of phosphoric ester groups is 1. The van der Waals surface area contributed by atoms with E-state index in [0.717, 1.165) is 75.8 Å². The van der Waals surface area contributed by atoms with Crippen LogP contribution in [-0.2, 0) is 4.57 Å².